The fraction of sp³-hybridized carbons (Fsp3) is 0.273. The number of phenolic OH excluding ortho intramolecular Hbond substituents is 1. The van der Waals surface area contributed by atoms with Crippen molar-refractivity contribution in [1.29, 1.82) is 0 Å². The van der Waals surface area contributed by atoms with Gasteiger partial charge in [0.15, 0.2) is 5.69 Å². The highest BCUT2D eigenvalue weighted by Crippen LogP contribution is 2.21. The first-order chi connectivity index (χ1) is 14.5. The van der Waals surface area contributed by atoms with Crippen LogP contribution in [0.1, 0.15) is 29.2 Å². The summed E-state index contributed by atoms with van der Waals surface area (Å²) in [6.07, 6.45) is 2.22. The lowest BCUT2D eigenvalue weighted by atomic mass is 10.2. The van der Waals surface area contributed by atoms with Crippen molar-refractivity contribution in [2.75, 3.05) is 13.1 Å². The van der Waals surface area contributed by atoms with Gasteiger partial charge in [-0.25, -0.2) is 0 Å². The lowest BCUT2D eigenvalue weighted by molar-refractivity contribution is 0.0788. The monoisotopic (exact) mass is 405 g/mol. The van der Waals surface area contributed by atoms with Crippen LogP contribution in [-0.4, -0.2) is 48.9 Å². The number of aryl methyl sites for hydroxylation is 2. The van der Waals surface area contributed by atoms with E-state index < -0.39 is 0 Å². The molecule has 0 spiro atoms. The third kappa shape index (κ3) is 4.03. The zero-order chi connectivity index (χ0) is 21.1. The molecule has 154 valence electrons. The molecule has 0 radical (unpaired) electrons. The fourth-order valence-electron chi connectivity index (χ4n) is 3.47. The number of para-hydroxylation sites is 1. The Hall–Kier alpha value is -3.68. The Morgan fingerprint density at radius 3 is 2.43 bits per heavy atom. The molecule has 1 N–H and O–H groups in total. The molecule has 1 saturated heterocycles. The number of likely N-dealkylation sites (tertiary alicyclic amines) is 1. The van der Waals surface area contributed by atoms with Gasteiger partial charge in [-0.3, -0.25) is 9.48 Å². The molecule has 3 heterocycles. The van der Waals surface area contributed by atoms with Crippen molar-refractivity contribution in [3.05, 3.63) is 60.1 Å². The van der Waals surface area contributed by atoms with Crippen molar-refractivity contribution in [3.63, 3.8) is 0 Å². The van der Waals surface area contributed by atoms with E-state index in [1.807, 2.05) is 36.2 Å². The van der Waals surface area contributed by atoms with Gasteiger partial charge in [0.1, 0.15) is 5.75 Å². The zero-order valence-electron chi connectivity index (χ0n) is 16.9. The Bertz CT molecular complexity index is 1160. The summed E-state index contributed by atoms with van der Waals surface area (Å²) >= 11 is 0. The van der Waals surface area contributed by atoms with E-state index in [2.05, 4.69) is 15.2 Å². The van der Waals surface area contributed by atoms with Crippen LogP contribution in [0.2, 0.25) is 0 Å². The summed E-state index contributed by atoms with van der Waals surface area (Å²) in [6, 6.07) is 14.5. The number of fused-ring (bicyclic) bond motifs is 1. The topological polar surface area (TPSA) is 97.3 Å². The number of hydrogen-bond acceptors (Lipinski definition) is 6. The minimum absolute atomic E-state index is 0.0688. The molecule has 30 heavy (non-hydrogen) atoms. The second-order valence-electron chi connectivity index (χ2n) is 7.17. The highest BCUT2D eigenvalue weighted by Gasteiger charge is 2.23. The van der Waals surface area contributed by atoms with Crippen LogP contribution in [0.25, 0.3) is 22.3 Å². The van der Waals surface area contributed by atoms with Gasteiger partial charge in [0, 0.05) is 38.0 Å². The van der Waals surface area contributed by atoms with E-state index in [-0.39, 0.29) is 11.7 Å². The summed E-state index contributed by atoms with van der Waals surface area (Å²) in [5, 5.41) is 18.1. The number of aromatic nitrogens is 4. The maximum Gasteiger partial charge on any atom is 0.274 e. The minimum Gasteiger partial charge on any atom is -0.508 e. The second-order valence-corrected chi connectivity index (χ2v) is 7.17. The van der Waals surface area contributed by atoms with E-state index in [0.29, 0.717) is 17.4 Å². The van der Waals surface area contributed by atoms with Crippen LogP contribution in [0.3, 0.4) is 0 Å². The highest BCUT2D eigenvalue weighted by molar-refractivity contribution is 6.04. The minimum atomic E-state index is 0.0688. The smallest absolute Gasteiger partial charge is 0.274 e. The molecule has 0 aliphatic carbocycles. The number of carbonyl (C=O) groups is 1. The van der Waals surface area contributed by atoms with Crippen molar-refractivity contribution in [2.45, 2.75) is 19.8 Å². The predicted molar refractivity (Wildman–Crippen MR) is 112 cm³/mol. The number of benzene rings is 2. The molecule has 0 saturated carbocycles. The third-order valence-electron chi connectivity index (χ3n) is 5.01. The number of hydrogen-bond donors (Lipinski definition) is 1. The maximum atomic E-state index is 12.3. The number of phenols is 1. The first-order valence-corrected chi connectivity index (χ1v) is 9.83. The first-order valence-electron chi connectivity index (χ1n) is 9.83. The van der Waals surface area contributed by atoms with E-state index in [9.17, 15) is 4.79 Å². The SMILES string of the molecule is Cc1nc(-c2ccc(O)cc2)no1.Cn1nc(C(=O)N2CCCC2)c2ccccc21. The summed E-state index contributed by atoms with van der Waals surface area (Å²) in [5.74, 6) is 1.36. The first kappa shape index (κ1) is 19.6. The Morgan fingerprint density at radius 2 is 1.77 bits per heavy atom. The van der Waals surface area contributed by atoms with Gasteiger partial charge < -0.3 is 14.5 Å². The van der Waals surface area contributed by atoms with Gasteiger partial charge in [-0.15, -0.1) is 0 Å². The van der Waals surface area contributed by atoms with Crippen LogP contribution in [0.15, 0.2) is 53.1 Å². The van der Waals surface area contributed by atoms with Crippen molar-refractivity contribution in [2.24, 2.45) is 7.05 Å². The molecule has 0 atom stereocenters. The molecular formula is C22H23N5O3. The molecule has 0 unspecified atom stereocenters. The Kier molecular flexibility index (Phi) is 5.47. The Labute approximate surface area is 173 Å². The number of rotatable bonds is 2. The highest BCUT2D eigenvalue weighted by atomic mass is 16.5. The third-order valence-corrected chi connectivity index (χ3v) is 5.01. The normalized spacial score (nSPS) is 13.3. The van der Waals surface area contributed by atoms with Gasteiger partial charge >= 0.3 is 0 Å². The van der Waals surface area contributed by atoms with Crippen LogP contribution in [0.4, 0.5) is 0 Å². The van der Waals surface area contributed by atoms with Gasteiger partial charge in [0.05, 0.1) is 5.52 Å². The number of carbonyl (C=O) groups excluding carboxylic acids is 1. The van der Waals surface area contributed by atoms with Gasteiger partial charge in [-0.1, -0.05) is 23.4 Å². The van der Waals surface area contributed by atoms with E-state index >= 15 is 0 Å². The van der Waals surface area contributed by atoms with Crippen LogP contribution in [0.5, 0.6) is 5.75 Å². The summed E-state index contributed by atoms with van der Waals surface area (Å²) in [7, 11) is 1.88. The van der Waals surface area contributed by atoms with Gasteiger partial charge in [0.25, 0.3) is 5.91 Å². The van der Waals surface area contributed by atoms with Crippen molar-refractivity contribution in [1.82, 2.24) is 24.8 Å². The van der Waals surface area contributed by atoms with Crippen LogP contribution in [-0.2, 0) is 7.05 Å². The molecule has 0 bridgehead atoms. The molecule has 1 aliphatic rings. The summed E-state index contributed by atoms with van der Waals surface area (Å²) < 4.78 is 6.60. The molecule has 1 amide bonds. The number of aromatic hydroxyl groups is 1. The molecule has 4 aromatic rings. The number of amides is 1. The van der Waals surface area contributed by atoms with Crippen LogP contribution >= 0.6 is 0 Å². The van der Waals surface area contributed by atoms with Gasteiger partial charge in [-0.05, 0) is 43.2 Å². The van der Waals surface area contributed by atoms with Gasteiger partial charge in [-0.2, -0.15) is 10.1 Å². The lowest BCUT2D eigenvalue weighted by Crippen LogP contribution is -2.28. The summed E-state index contributed by atoms with van der Waals surface area (Å²) in [6.45, 7) is 3.46. The van der Waals surface area contributed by atoms with Crippen LogP contribution in [0, 0.1) is 6.92 Å². The van der Waals surface area contributed by atoms with E-state index in [1.54, 1.807) is 35.9 Å². The molecule has 1 fully saturated rings. The zero-order valence-corrected chi connectivity index (χ0v) is 16.9. The molecule has 8 nitrogen and oxygen atoms in total. The average Bonchev–Trinajstić information content (AvgIpc) is 3.50. The molecule has 2 aromatic heterocycles. The summed E-state index contributed by atoms with van der Waals surface area (Å²) in [4.78, 5) is 18.3. The predicted octanol–water partition coefficient (Wildman–Crippen LogP) is 3.56. The maximum absolute atomic E-state index is 12.3. The standard InChI is InChI=1S/C13H15N3O.C9H8N2O2/c1-15-11-7-3-2-6-10(11)12(14-15)13(17)16-8-4-5-9-16;1-6-10-9(11-13-6)7-2-4-8(12)5-3-7/h2-3,6-7H,4-5,8-9H2,1H3;2-5,12H,1H3. The van der Waals surface area contributed by atoms with E-state index in [0.717, 1.165) is 42.4 Å². The average molecular weight is 405 g/mol. The van der Waals surface area contributed by atoms with Crippen molar-refractivity contribution < 1.29 is 14.4 Å². The quantitative estimate of drug-likeness (QED) is 0.548. The molecule has 1 aliphatic heterocycles. The summed E-state index contributed by atoms with van der Waals surface area (Å²) in [5.41, 5.74) is 2.43. The molecular weight excluding hydrogens is 382 g/mol. The molecule has 8 heteroatoms. The number of nitrogens with zero attached hydrogens (tertiary/aromatic N) is 5. The molecule has 5 rings (SSSR count). The van der Waals surface area contributed by atoms with Gasteiger partial charge in [0.2, 0.25) is 11.7 Å². The largest absolute Gasteiger partial charge is 0.508 e. The Morgan fingerprint density at radius 1 is 1.07 bits per heavy atom. The Balaban J connectivity index is 0.000000151. The van der Waals surface area contributed by atoms with Crippen LogP contribution < -0.4 is 0 Å². The van der Waals surface area contributed by atoms with E-state index in [1.165, 1.54) is 0 Å². The lowest BCUT2D eigenvalue weighted by Gasteiger charge is -2.13. The molecule has 2 aromatic carbocycles. The fourth-order valence-corrected chi connectivity index (χ4v) is 3.47. The van der Waals surface area contributed by atoms with Crippen molar-refractivity contribution >= 4 is 16.8 Å². The van der Waals surface area contributed by atoms with Crippen molar-refractivity contribution in [3.8, 4) is 17.1 Å². The second kappa shape index (κ2) is 8.36. The van der Waals surface area contributed by atoms with E-state index in [4.69, 9.17) is 9.63 Å².